The van der Waals surface area contributed by atoms with Crippen molar-refractivity contribution in [2.75, 3.05) is 25.3 Å². The summed E-state index contributed by atoms with van der Waals surface area (Å²) in [4.78, 5) is 29.6. The van der Waals surface area contributed by atoms with Crippen molar-refractivity contribution in [3.05, 3.63) is 47.4 Å². The Bertz CT molecular complexity index is 1440. The summed E-state index contributed by atoms with van der Waals surface area (Å²) < 4.78 is 50.4. The highest BCUT2D eigenvalue weighted by Gasteiger charge is 2.26. The fourth-order valence-corrected chi connectivity index (χ4v) is 5.65. The van der Waals surface area contributed by atoms with Gasteiger partial charge in [0.1, 0.15) is 48.5 Å². The van der Waals surface area contributed by atoms with Crippen LogP contribution in [0.15, 0.2) is 24.4 Å². The minimum absolute atomic E-state index is 0.0783. The van der Waals surface area contributed by atoms with Crippen molar-refractivity contribution < 1.29 is 27.5 Å². The molecule has 248 valence electrons. The number of alkyl halides is 4. The average Bonchev–Trinajstić information content (AvgIpc) is 3.55. The van der Waals surface area contributed by atoms with E-state index in [4.69, 9.17) is 27.9 Å². The number of carbonyl (C=O) groups excluding carboxylic acids is 2. The summed E-state index contributed by atoms with van der Waals surface area (Å²) in [5, 5.41) is 13.5. The first kappa shape index (κ1) is 36.5. The third kappa shape index (κ3) is 10.3. The van der Waals surface area contributed by atoms with Crippen LogP contribution in [0, 0.1) is 19.8 Å². The quantitative estimate of drug-likeness (QED) is 0.0734. The molecule has 45 heavy (non-hydrogen) atoms. The fourth-order valence-electron chi connectivity index (χ4n) is 4.58. The first-order chi connectivity index (χ1) is 21.2. The molecule has 0 spiro atoms. The molecule has 3 rings (SSSR count). The van der Waals surface area contributed by atoms with E-state index < -0.39 is 56.1 Å². The lowest BCUT2D eigenvalue weighted by Gasteiger charge is -2.20. The lowest BCUT2D eigenvalue weighted by atomic mass is 10.1. The molecule has 0 unspecified atom stereocenters. The summed E-state index contributed by atoms with van der Waals surface area (Å²) in [7, 11) is -1.24. The van der Waals surface area contributed by atoms with E-state index in [1.54, 1.807) is 11.6 Å². The number of pyridine rings is 1. The normalized spacial score (nSPS) is 12.6. The number of nitrogens with one attached hydrogen (secondary N) is 2. The van der Waals surface area contributed by atoms with Gasteiger partial charge in [0.25, 0.3) is 5.91 Å². The first-order valence-corrected chi connectivity index (χ1v) is 19.2. The number of amides is 2. The Hall–Kier alpha value is -2.94. The summed E-state index contributed by atoms with van der Waals surface area (Å²) in [6.45, 7) is 9.10. The highest BCUT2D eigenvalue weighted by molar-refractivity contribution is 6.76. The minimum Gasteiger partial charge on any atom is -0.360 e. The Morgan fingerprint density at radius 1 is 1.09 bits per heavy atom. The maximum atomic E-state index is 15.4. The summed E-state index contributed by atoms with van der Waals surface area (Å²) in [5.41, 5.74) is 1.96. The second-order valence-electron chi connectivity index (χ2n) is 11.9. The summed E-state index contributed by atoms with van der Waals surface area (Å²) >= 11 is 11.7. The summed E-state index contributed by atoms with van der Waals surface area (Å²) in [6, 6.07) is 2.84. The van der Waals surface area contributed by atoms with Gasteiger partial charge in [0.2, 0.25) is 11.9 Å². The molecule has 3 aromatic heterocycles. The smallest absolute Gasteiger partial charge is 0.270 e. The van der Waals surface area contributed by atoms with Crippen LogP contribution in [0.25, 0.3) is 11.1 Å². The number of hydrogen-bond donors (Lipinski definition) is 2. The molecule has 16 heteroatoms. The van der Waals surface area contributed by atoms with Gasteiger partial charge in [0.15, 0.2) is 0 Å². The molecule has 0 aromatic carbocycles. The molecule has 0 aliphatic carbocycles. The zero-order valence-electron chi connectivity index (χ0n) is 26.0. The molecule has 1 atom stereocenters. The van der Waals surface area contributed by atoms with Crippen molar-refractivity contribution >= 4 is 48.9 Å². The van der Waals surface area contributed by atoms with Crippen molar-refractivity contribution in [1.82, 2.24) is 29.9 Å². The van der Waals surface area contributed by atoms with E-state index in [1.165, 1.54) is 24.4 Å². The lowest BCUT2D eigenvalue weighted by molar-refractivity contribution is -0.118. The van der Waals surface area contributed by atoms with Gasteiger partial charge in [-0.15, -0.1) is 23.2 Å². The predicted octanol–water partition coefficient (Wildman–Crippen LogP) is 6.40. The van der Waals surface area contributed by atoms with Crippen LogP contribution in [0.4, 0.5) is 19.0 Å². The van der Waals surface area contributed by atoms with E-state index in [0.29, 0.717) is 36.4 Å². The SMILES string of the molecule is Cc1nn(COCC[Si](C)(C)C)c(C)c1-c1ccc(NC(=O)[C@H](CCCC(Cl)Cl)NC(=O)c2ccnn2C(CF)CF)nc1F. The standard InChI is InChI=1S/C29H40Cl2F3N7O3Si/c1-18-26(19(2)40(39-18)17-44-13-14-45(3,4)5)21-9-10-25(37-27(21)34)38-28(42)22(7-6-8-24(30)31)36-29(43)23-11-12-35-41(23)20(15-32)16-33/h9-12,20,22,24H,6-8,13-17H2,1-5H3,(H,36,43)(H,37,38,42)/t22-/m0/s1. The molecule has 0 radical (unpaired) electrons. The predicted molar refractivity (Wildman–Crippen MR) is 171 cm³/mol. The molecular weight excluding hydrogens is 650 g/mol. The fraction of sp³-hybridized carbons (Fsp3) is 0.552. The molecule has 3 aromatic rings. The van der Waals surface area contributed by atoms with Crippen molar-refractivity contribution in [3.8, 4) is 11.1 Å². The Morgan fingerprint density at radius 2 is 1.80 bits per heavy atom. The third-order valence-corrected chi connectivity index (χ3v) is 9.24. The molecule has 0 saturated heterocycles. The van der Waals surface area contributed by atoms with Gasteiger partial charge in [-0.3, -0.25) is 14.3 Å². The van der Waals surface area contributed by atoms with E-state index in [-0.39, 0.29) is 30.2 Å². The highest BCUT2D eigenvalue weighted by atomic mass is 35.5. The first-order valence-electron chi connectivity index (χ1n) is 14.6. The van der Waals surface area contributed by atoms with Crippen LogP contribution < -0.4 is 10.6 Å². The van der Waals surface area contributed by atoms with Crippen molar-refractivity contribution in [3.63, 3.8) is 0 Å². The van der Waals surface area contributed by atoms with E-state index in [9.17, 15) is 18.4 Å². The zero-order chi connectivity index (χ0) is 33.3. The number of hydrogen-bond acceptors (Lipinski definition) is 6. The number of carbonyl (C=O) groups is 2. The van der Waals surface area contributed by atoms with Gasteiger partial charge in [-0.05, 0) is 57.4 Å². The topological polar surface area (TPSA) is 116 Å². The van der Waals surface area contributed by atoms with Gasteiger partial charge in [0, 0.05) is 37.7 Å². The molecule has 0 fully saturated rings. The molecule has 0 saturated carbocycles. The highest BCUT2D eigenvalue weighted by Crippen LogP contribution is 2.29. The van der Waals surface area contributed by atoms with E-state index >= 15 is 4.39 Å². The minimum atomic E-state index is -1.28. The van der Waals surface area contributed by atoms with E-state index in [0.717, 1.165) is 10.7 Å². The largest absolute Gasteiger partial charge is 0.360 e. The monoisotopic (exact) mass is 689 g/mol. The molecule has 10 nitrogen and oxygen atoms in total. The van der Waals surface area contributed by atoms with Crippen molar-refractivity contribution in [2.24, 2.45) is 0 Å². The van der Waals surface area contributed by atoms with Crippen molar-refractivity contribution in [1.29, 1.82) is 0 Å². The summed E-state index contributed by atoms with van der Waals surface area (Å²) in [6.07, 6.45) is 2.05. The lowest BCUT2D eigenvalue weighted by Crippen LogP contribution is -2.44. The van der Waals surface area contributed by atoms with Crippen LogP contribution in [-0.2, 0) is 16.3 Å². The molecule has 2 N–H and O–H groups in total. The van der Waals surface area contributed by atoms with E-state index in [1.807, 2.05) is 6.92 Å². The van der Waals surface area contributed by atoms with E-state index in [2.05, 4.69) is 45.5 Å². The van der Waals surface area contributed by atoms with Crippen LogP contribution in [0.1, 0.15) is 47.2 Å². The maximum Gasteiger partial charge on any atom is 0.270 e. The molecule has 2 amide bonds. The number of aryl methyl sites for hydroxylation is 1. The van der Waals surface area contributed by atoms with Gasteiger partial charge in [-0.1, -0.05) is 19.6 Å². The number of aromatic nitrogens is 5. The average molecular weight is 691 g/mol. The van der Waals surface area contributed by atoms with Gasteiger partial charge >= 0.3 is 0 Å². The maximum absolute atomic E-state index is 15.4. The number of ether oxygens (including phenoxy) is 1. The third-order valence-electron chi connectivity index (χ3n) is 7.10. The van der Waals surface area contributed by atoms with Crippen molar-refractivity contribution in [2.45, 2.75) is 82.4 Å². The Balaban J connectivity index is 1.76. The Labute approximate surface area is 272 Å². The molecule has 3 heterocycles. The van der Waals surface area contributed by atoms with Crippen LogP contribution in [0.2, 0.25) is 25.7 Å². The van der Waals surface area contributed by atoms with Crippen LogP contribution >= 0.6 is 23.2 Å². The number of nitrogens with zero attached hydrogens (tertiary/aromatic N) is 5. The summed E-state index contributed by atoms with van der Waals surface area (Å²) in [5.74, 6) is -2.35. The molecule has 0 aliphatic rings. The van der Waals surface area contributed by atoms with Gasteiger partial charge < -0.3 is 15.4 Å². The van der Waals surface area contributed by atoms with Crippen LogP contribution in [0.3, 0.4) is 0 Å². The number of halogens is 5. The van der Waals surface area contributed by atoms with Crippen LogP contribution in [-0.4, -0.2) is 75.3 Å². The molecular formula is C29H40Cl2F3N7O3Si. The Kier molecular flexibility index (Phi) is 13.4. The zero-order valence-corrected chi connectivity index (χ0v) is 28.6. The van der Waals surface area contributed by atoms with Gasteiger partial charge in [-0.25, -0.2) is 18.4 Å². The number of anilines is 1. The molecule has 0 aliphatic heterocycles. The second kappa shape index (κ2) is 16.6. The van der Waals surface area contributed by atoms with Gasteiger partial charge in [-0.2, -0.15) is 14.6 Å². The Morgan fingerprint density at radius 3 is 2.42 bits per heavy atom. The number of rotatable bonds is 17. The second-order valence-corrected chi connectivity index (χ2v) is 18.8. The van der Waals surface area contributed by atoms with Crippen LogP contribution in [0.5, 0.6) is 0 Å². The molecule has 0 bridgehead atoms. The van der Waals surface area contributed by atoms with Gasteiger partial charge in [0.05, 0.1) is 5.69 Å².